The predicted molar refractivity (Wildman–Crippen MR) is 336 cm³/mol. The van der Waals surface area contributed by atoms with Crippen LogP contribution in [0.15, 0.2) is 103 Å². The zero-order chi connectivity index (χ0) is 57.5. The maximum Gasteiger partial charge on any atom is 0.322 e. The summed E-state index contributed by atoms with van der Waals surface area (Å²) in [6.45, 7) is 8.48. The Morgan fingerprint density at radius 1 is 0.464 bits per heavy atom. The third-order valence-corrected chi connectivity index (χ3v) is 22.1. The molecule has 8 aliphatic heterocycles. The van der Waals surface area contributed by atoms with E-state index < -0.39 is 0 Å². The van der Waals surface area contributed by atoms with Gasteiger partial charge in [0.05, 0.1) is 34.5 Å². The van der Waals surface area contributed by atoms with E-state index >= 15 is 0 Å². The van der Waals surface area contributed by atoms with Crippen LogP contribution in [0.3, 0.4) is 0 Å². The van der Waals surface area contributed by atoms with Crippen LogP contribution in [0.1, 0.15) is 97.5 Å². The number of piperidine rings is 2. The van der Waals surface area contributed by atoms with Gasteiger partial charge in [0.25, 0.3) is 0 Å². The molecule has 1 saturated carbocycles. The minimum atomic E-state index is -0.377. The second-order valence-electron chi connectivity index (χ2n) is 23.9. The topological polar surface area (TPSA) is 168 Å². The first kappa shape index (κ1) is 58.1. The summed E-state index contributed by atoms with van der Waals surface area (Å²) in [5.74, 6) is 1.00. The lowest BCUT2D eigenvalue weighted by Crippen LogP contribution is -2.50. The second kappa shape index (κ2) is 27.0. The number of urea groups is 2. The number of likely N-dealkylation sites (tertiary alicyclic amines) is 2. The summed E-state index contributed by atoms with van der Waals surface area (Å²) < 4.78 is 11.1. The minimum Gasteiger partial charge on any atom is -0.381 e. The van der Waals surface area contributed by atoms with E-state index in [1.807, 2.05) is 96.1 Å². The van der Waals surface area contributed by atoms with Crippen molar-refractivity contribution in [3.8, 4) is 0 Å². The van der Waals surface area contributed by atoms with Crippen LogP contribution >= 0.6 is 23.5 Å². The highest BCUT2D eigenvalue weighted by molar-refractivity contribution is 8.02. The molecule has 8 heterocycles. The molecule has 13 rings (SSSR count). The molecule has 0 spiro atoms. The van der Waals surface area contributed by atoms with Gasteiger partial charge in [-0.1, -0.05) is 73.9 Å². The average Bonchev–Trinajstić information content (AvgIpc) is 3.67. The summed E-state index contributed by atoms with van der Waals surface area (Å²) in [4.78, 5) is 94.7. The fourth-order valence-electron chi connectivity index (χ4n) is 14.2. The molecular formula is C65H85N9O8S2. The first-order valence-electron chi connectivity index (χ1n) is 31.0. The highest BCUT2D eigenvalue weighted by atomic mass is 32.2. The van der Waals surface area contributed by atoms with Gasteiger partial charge in [-0.2, -0.15) is 0 Å². The number of nitrogens with zero attached hydrogens (tertiary/aromatic N) is 7. The average molecular weight is 1180 g/mol. The van der Waals surface area contributed by atoms with Crippen molar-refractivity contribution in [1.29, 1.82) is 0 Å². The maximum atomic E-state index is 14.0. The second-order valence-corrected chi connectivity index (χ2v) is 26.6. The zero-order valence-corrected chi connectivity index (χ0v) is 49.9. The molecule has 4 unspecified atom stereocenters. The summed E-state index contributed by atoms with van der Waals surface area (Å²) >= 11 is 3.37. The van der Waals surface area contributed by atoms with E-state index in [2.05, 4.69) is 51.9 Å². The van der Waals surface area contributed by atoms with Crippen molar-refractivity contribution in [3.63, 3.8) is 0 Å². The number of fused-ring (bicyclic) bond motifs is 2. The van der Waals surface area contributed by atoms with Gasteiger partial charge >= 0.3 is 12.1 Å². The fourth-order valence-corrected chi connectivity index (χ4v) is 17.5. The van der Waals surface area contributed by atoms with Crippen LogP contribution in [0.25, 0.3) is 0 Å². The van der Waals surface area contributed by atoms with Gasteiger partial charge in [-0.15, -0.1) is 23.5 Å². The molecule has 9 aliphatic rings. The van der Waals surface area contributed by atoms with E-state index in [-0.39, 0.29) is 84.7 Å². The summed E-state index contributed by atoms with van der Waals surface area (Å²) in [7, 11) is 0. The Morgan fingerprint density at radius 3 is 1.39 bits per heavy atom. The summed E-state index contributed by atoms with van der Waals surface area (Å²) in [5.41, 5.74) is 7.10. The minimum absolute atomic E-state index is 0. The van der Waals surface area contributed by atoms with Crippen molar-refractivity contribution in [2.75, 3.05) is 104 Å². The molecule has 84 heavy (non-hydrogen) atoms. The number of anilines is 5. The van der Waals surface area contributed by atoms with Crippen LogP contribution in [0.4, 0.5) is 38.0 Å². The van der Waals surface area contributed by atoms with Gasteiger partial charge < -0.3 is 44.6 Å². The van der Waals surface area contributed by atoms with Gasteiger partial charge in [-0.3, -0.25) is 29.0 Å². The lowest BCUT2D eigenvalue weighted by molar-refractivity contribution is -0.134. The zero-order valence-electron chi connectivity index (χ0n) is 48.2. The molecule has 17 nitrogen and oxygen atoms in total. The quantitative estimate of drug-likeness (QED) is 0.147. The molecule has 6 saturated heterocycles. The Hall–Kier alpha value is -6.28. The summed E-state index contributed by atoms with van der Waals surface area (Å²) in [6, 6.07) is 34.3. The van der Waals surface area contributed by atoms with Crippen LogP contribution in [0.2, 0.25) is 0 Å². The van der Waals surface area contributed by atoms with Crippen molar-refractivity contribution in [2.45, 2.75) is 130 Å². The third kappa shape index (κ3) is 13.1. The molecule has 0 bridgehead atoms. The molecule has 4 aromatic carbocycles. The van der Waals surface area contributed by atoms with Gasteiger partial charge in [0, 0.05) is 122 Å². The number of hydrogen-bond donors (Lipinski definition) is 2. The smallest absolute Gasteiger partial charge is 0.322 e. The van der Waals surface area contributed by atoms with Crippen molar-refractivity contribution >= 4 is 87.7 Å². The SMILES string of the molecule is O=C(CC1SC(C2CCCCC2)N(c2ccc(N3CCOCC3)cc2)C1=O)N1CCC(N2CCc3ccccc3NC2=O)CC1.O=C(CC1SC(C2CCOCC2)N(c2ccccc2)C1=O)N1CCC(N2CCc3ccccc3NC2=O)CC1.[HH].[HH]. The van der Waals surface area contributed by atoms with Crippen LogP contribution in [-0.2, 0) is 41.5 Å². The summed E-state index contributed by atoms with van der Waals surface area (Å²) in [5, 5.41) is 5.49. The number of carbonyl (C=O) groups is 6. The van der Waals surface area contributed by atoms with E-state index in [9.17, 15) is 28.8 Å². The van der Waals surface area contributed by atoms with E-state index in [1.54, 1.807) is 23.5 Å². The van der Waals surface area contributed by atoms with Gasteiger partial charge in [-0.25, -0.2) is 9.59 Å². The van der Waals surface area contributed by atoms with Crippen molar-refractivity contribution in [1.82, 2.24) is 19.6 Å². The molecule has 450 valence electrons. The Bertz CT molecular complexity index is 2970. The standard InChI is InChI=1S/C35H45N5O4S.C30H36N4O4S.2H2/c41-32(38-17-15-28(16-18-38)39-19-14-25-6-4-5-9-30(25)36-35(39)43)24-31-33(42)40(34(45-31)26-7-2-1-3-8-26)29-12-10-27(11-13-29)37-20-22-44-23-21-37;35-27(32-15-11-23(12-16-32)33-17-10-21-6-4-5-9-25(21)31-30(33)37)20-26-28(36)34(24-7-2-1-3-8-24)29(39-26)22-13-18-38-19-14-22;;/h4-6,9-13,26,28,31,34H,1-3,7-8,14-24H2,(H,36,43);1-9,22-23,26,29H,10-20H2,(H,31,37);2*1H. The van der Waals surface area contributed by atoms with E-state index in [0.29, 0.717) is 51.1 Å². The molecule has 4 atom stereocenters. The van der Waals surface area contributed by atoms with Gasteiger partial charge in [-0.05, 0) is 136 Å². The van der Waals surface area contributed by atoms with Gasteiger partial charge in [0.2, 0.25) is 23.6 Å². The molecule has 19 heteroatoms. The molecule has 4 aromatic rings. The highest BCUT2D eigenvalue weighted by Gasteiger charge is 2.48. The fraction of sp³-hybridized carbons (Fsp3) is 0.538. The Morgan fingerprint density at radius 2 is 0.893 bits per heavy atom. The first-order chi connectivity index (χ1) is 41.1. The molecule has 8 amide bonds. The van der Waals surface area contributed by atoms with Crippen LogP contribution in [0.5, 0.6) is 0 Å². The maximum absolute atomic E-state index is 14.0. The van der Waals surface area contributed by atoms with Gasteiger partial charge in [0.1, 0.15) is 0 Å². The van der Waals surface area contributed by atoms with Crippen LogP contribution < -0.4 is 25.3 Å². The molecular weight excluding hydrogens is 1100 g/mol. The molecule has 2 N–H and O–H groups in total. The van der Waals surface area contributed by atoms with Crippen LogP contribution in [-0.4, -0.2) is 167 Å². The molecule has 0 radical (unpaired) electrons. The molecule has 0 aromatic heterocycles. The normalized spacial score (nSPS) is 25.1. The monoisotopic (exact) mass is 1180 g/mol. The number of para-hydroxylation sites is 3. The van der Waals surface area contributed by atoms with Gasteiger partial charge in [0.15, 0.2) is 0 Å². The largest absolute Gasteiger partial charge is 0.381 e. The van der Waals surface area contributed by atoms with Crippen LogP contribution in [0, 0.1) is 11.8 Å². The van der Waals surface area contributed by atoms with E-state index in [0.717, 1.165) is 143 Å². The lowest BCUT2D eigenvalue weighted by atomic mass is 9.88. The lowest BCUT2D eigenvalue weighted by Gasteiger charge is -2.38. The number of ether oxygens (including phenoxy) is 2. The summed E-state index contributed by atoms with van der Waals surface area (Å²) in [6.07, 6.45) is 12.9. The number of carbonyl (C=O) groups excluding carboxylic acids is 6. The van der Waals surface area contributed by atoms with Crippen molar-refractivity contribution < 1.29 is 41.1 Å². The highest BCUT2D eigenvalue weighted by Crippen LogP contribution is 2.46. The first-order valence-corrected chi connectivity index (χ1v) is 32.9. The van der Waals surface area contributed by atoms with Crippen molar-refractivity contribution in [2.24, 2.45) is 11.8 Å². The Balaban J connectivity index is 0.000000188. The number of morpholine rings is 1. The number of hydrogen-bond acceptors (Lipinski definition) is 11. The number of thioether (sulfide) groups is 2. The third-order valence-electron chi connectivity index (χ3n) is 18.9. The number of amides is 8. The van der Waals surface area contributed by atoms with E-state index in [4.69, 9.17) is 9.47 Å². The number of nitrogens with one attached hydrogen (secondary N) is 2. The number of benzene rings is 4. The Labute approximate surface area is 505 Å². The Kier molecular flexibility index (Phi) is 18.7. The molecule has 7 fully saturated rings. The predicted octanol–water partition coefficient (Wildman–Crippen LogP) is 10.2. The van der Waals surface area contributed by atoms with E-state index in [1.165, 1.54) is 19.3 Å². The molecule has 1 aliphatic carbocycles. The number of rotatable bonds is 11. The van der Waals surface area contributed by atoms with Crippen molar-refractivity contribution in [3.05, 3.63) is 114 Å².